The first-order chi connectivity index (χ1) is 9.36. The van der Waals surface area contributed by atoms with Gasteiger partial charge in [-0.2, -0.15) is 0 Å². The second-order valence-electron chi connectivity index (χ2n) is 5.26. The Labute approximate surface area is 116 Å². The van der Waals surface area contributed by atoms with Gasteiger partial charge < -0.3 is 10.1 Å². The lowest BCUT2D eigenvalue weighted by atomic mass is 9.81. The Morgan fingerprint density at radius 1 is 1.26 bits per heavy atom. The molecule has 1 aromatic heterocycles. The Kier molecular flexibility index (Phi) is 5.73. The highest BCUT2D eigenvalue weighted by atomic mass is 16.5. The minimum absolute atomic E-state index is 0.184. The van der Waals surface area contributed by atoms with Crippen LogP contribution in [0.25, 0.3) is 0 Å². The summed E-state index contributed by atoms with van der Waals surface area (Å²) in [5.74, 6) is 0.645. The molecule has 1 N–H and O–H groups in total. The fraction of sp³-hybridized carbons (Fsp3) is 0.733. The van der Waals surface area contributed by atoms with Crippen LogP contribution in [0.15, 0.2) is 18.7 Å². The summed E-state index contributed by atoms with van der Waals surface area (Å²) in [5.41, 5.74) is 1.12. The average Bonchev–Trinajstić information content (AvgIpc) is 2.49. The zero-order valence-electron chi connectivity index (χ0n) is 12.0. The van der Waals surface area contributed by atoms with Crippen LogP contribution in [0.4, 0.5) is 0 Å². The summed E-state index contributed by atoms with van der Waals surface area (Å²) in [6.45, 7) is 2.83. The Morgan fingerprint density at radius 2 is 1.95 bits per heavy atom. The molecule has 0 radical (unpaired) electrons. The maximum atomic E-state index is 6.07. The summed E-state index contributed by atoms with van der Waals surface area (Å²) in [5, 5.41) is 3.40. The minimum Gasteiger partial charge on any atom is -0.376 e. The van der Waals surface area contributed by atoms with Crippen LogP contribution in [0.1, 0.15) is 50.6 Å². The van der Waals surface area contributed by atoms with Gasteiger partial charge in [-0.05, 0) is 32.7 Å². The van der Waals surface area contributed by atoms with Crippen LogP contribution >= 0.6 is 0 Å². The van der Waals surface area contributed by atoms with Gasteiger partial charge in [0.25, 0.3) is 0 Å². The summed E-state index contributed by atoms with van der Waals surface area (Å²) < 4.78 is 6.07. The highest BCUT2D eigenvalue weighted by molar-refractivity contribution is 5.12. The van der Waals surface area contributed by atoms with Gasteiger partial charge in [0.2, 0.25) is 0 Å². The Balaban J connectivity index is 2.15. The van der Waals surface area contributed by atoms with Gasteiger partial charge in [0.1, 0.15) is 6.33 Å². The molecule has 2 atom stereocenters. The van der Waals surface area contributed by atoms with Crippen LogP contribution in [-0.4, -0.2) is 29.7 Å². The standard InChI is InChI=1S/C15H25N3O/c1-3-19-15(12-7-5-4-6-8-12)14(16-2)13-9-17-11-18-10-13/h9-12,14-16H,3-8H2,1-2H3. The Bertz CT molecular complexity index is 352. The highest BCUT2D eigenvalue weighted by Gasteiger charge is 2.31. The smallest absolute Gasteiger partial charge is 0.115 e. The van der Waals surface area contributed by atoms with Crippen LogP contribution in [0.5, 0.6) is 0 Å². The molecule has 1 aromatic rings. The molecule has 1 aliphatic carbocycles. The summed E-state index contributed by atoms with van der Waals surface area (Å²) >= 11 is 0. The molecule has 4 nitrogen and oxygen atoms in total. The maximum absolute atomic E-state index is 6.07. The lowest BCUT2D eigenvalue weighted by Crippen LogP contribution is -2.38. The van der Waals surface area contributed by atoms with Gasteiger partial charge in [0.05, 0.1) is 12.1 Å². The number of hydrogen-bond acceptors (Lipinski definition) is 4. The third-order valence-electron chi connectivity index (χ3n) is 4.05. The first kappa shape index (κ1) is 14.4. The first-order valence-electron chi connectivity index (χ1n) is 7.40. The van der Waals surface area contributed by atoms with Crippen molar-refractivity contribution in [1.29, 1.82) is 0 Å². The van der Waals surface area contributed by atoms with Crippen molar-refractivity contribution in [2.45, 2.75) is 51.2 Å². The third-order valence-corrected chi connectivity index (χ3v) is 4.05. The van der Waals surface area contributed by atoms with Crippen molar-refractivity contribution in [1.82, 2.24) is 15.3 Å². The van der Waals surface area contributed by atoms with Crippen LogP contribution in [0.3, 0.4) is 0 Å². The van der Waals surface area contributed by atoms with Gasteiger partial charge in [-0.3, -0.25) is 0 Å². The Morgan fingerprint density at radius 3 is 2.53 bits per heavy atom. The number of rotatable bonds is 6. The lowest BCUT2D eigenvalue weighted by Gasteiger charge is -2.35. The molecular formula is C15H25N3O. The molecule has 1 fully saturated rings. The van der Waals surface area contributed by atoms with Gasteiger partial charge in [0.15, 0.2) is 0 Å². The van der Waals surface area contributed by atoms with Crippen LogP contribution < -0.4 is 5.32 Å². The van der Waals surface area contributed by atoms with Crippen LogP contribution in [-0.2, 0) is 4.74 Å². The molecule has 19 heavy (non-hydrogen) atoms. The van der Waals surface area contributed by atoms with E-state index in [4.69, 9.17) is 4.74 Å². The Hall–Kier alpha value is -1.00. The van der Waals surface area contributed by atoms with Crippen molar-refractivity contribution >= 4 is 0 Å². The number of aromatic nitrogens is 2. The predicted molar refractivity (Wildman–Crippen MR) is 75.8 cm³/mol. The molecule has 0 spiro atoms. The molecule has 1 aliphatic rings. The van der Waals surface area contributed by atoms with Crippen LogP contribution in [0, 0.1) is 5.92 Å². The number of likely N-dealkylation sites (N-methyl/N-ethyl adjacent to an activating group) is 1. The van der Waals surface area contributed by atoms with Crippen molar-refractivity contribution in [3.8, 4) is 0 Å². The first-order valence-corrected chi connectivity index (χ1v) is 7.40. The van der Waals surface area contributed by atoms with E-state index in [1.54, 1.807) is 6.33 Å². The second kappa shape index (κ2) is 7.56. The molecular weight excluding hydrogens is 238 g/mol. The summed E-state index contributed by atoms with van der Waals surface area (Å²) in [4.78, 5) is 8.27. The lowest BCUT2D eigenvalue weighted by molar-refractivity contribution is -0.0169. The van der Waals surface area contributed by atoms with Gasteiger partial charge in [0, 0.05) is 24.6 Å². The summed E-state index contributed by atoms with van der Waals surface area (Å²) in [6.07, 6.45) is 12.2. The van der Waals surface area contributed by atoms with Gasteiger partial charge in [-0.15, -0.1) is 0 Å². The van der Waals surface area contributed by atoms with Gasteiger partial charge in [-0.1, -0.05) is 19.3 Å². The van der Waals surface area contributed by atoms with E-state index in [1.807, 2.05) is 19.4 Å². The normalized spacial score (nSPS) is 20.1. The van der Waals surface area contributed by atoms with Crippen molar-refractivity contribution in [3.05, 3.63) is 24.3 Å². The van der Waals surface area contributed by atoms with Crippen molar-refractivity contribution < 1.29 is 4.74 Å². The molecule has 0 amide bonds. The van der Waals surface area contributed by atoms with E-state index in [0.29, 0.717) is 5.92 Å². The largest absolute Gasteiger partial charge is 0.376 e. The highest BCUT2D eigenvalue weighted by Crippen LogP contribution is 2.33. The van der Waals surface area contributed by atoms with Gasteiger partial charge >= 0.3 is 0 Å². The minimum atomic E-state index is 0.184. The quantitative estimate of drug-likeness (QED) is 0.857. The number of nitrogens with one attached hydrogen (secondary N) is 1. The van der Waals surface area contributed by atoms with Crippen molar-refractivity contribution in [2.24, 2.45) is 5.92 Å². The molecule has 106 valence electrons. The zero-order valence-corrected chi connectivity index (χ0v) is 12.0. The number of nitrogens with zero attached hydrogens (tertiary/aromatic N) is 2. The second-order valence-corrected chi connectivity index (χ2v) is 5.26. The molecule has 2 unspecified atom stereocenters. The van der Waals surface area contributed by atoms with E-state index in [-0.39, 0.29) is 12.1 Å². The monoisotopic (exact) mass is 263 g/mol. The molecule has 0 aliphatic heterocycles. The van der Waals surface area contributed by atoms with Crippen molar-refractivity contribution in [3.63, 3.8) is 0 Å². The number of ether oxygens (including phenoxy) is 1. The molecule has 0 aromatic carbocycles. The molecule has 0 saturated heterocycles. The molecule has 4 heteroatoms. The predicted octanol–water partition coefficient (Wildman–Crippen LogP) is 2.72. The van der Waals surface area contributed by atoms with Gasteiger partial charge in [-0.25, -0.2) is 9.97 Å². The summed E-state index contributed by atoms with van der Waals surface area (Å²) in [6, 6.07) is 0.184. The summed E-state index contributed by atoms with van der Waals surface area (Å²) in [7, 11) is 1.99. The SMILES string of the molecule is CCOC(C1CCCCC1)C(NC)c1cncnc1. The van der Waals surface area contributed by atoms with E-state index in [2.05, 4.69) is 22.2 Å². The van der Waals surface area contributed by atoms with E-state index in [1.165, 1.54) is 32.1 Å². The van der Waals surface area contributed by atoms with E-state index < -0.39 is 0 Å². The fourth-order valence-electron chi connectivity index (χ4n) is 3.15. The fourth-order valence-corrected chi connectivity index (χ4v) is 3.15. The van der Waals surface area contributed by atoms with E-state index in [0.717, 1.165) is 12.2 Å². The van der Waals surface area contributed by atoms with Crippen LogP contribution in [0.2, 0.25) is 0 Å². The number of hydrogen-bond donors (Lipinski definition) is 1. The third kappa shape index (κ3) is 3.74. The average molecular weight is 263 g/mol. The topological polar surface area (TPSA) is 47.0 Å². The van der Waals surface area contributed by atoms with E-state index >= 15 is 0 Å². The molecule has 2 rings (SSSR count). The molecule has 0 bridgehead atoms. The maximum Gasteiger partial charge on any atom is 0.115 e. The molecule has 1 heterocycles. The van der Waals surface area contributed by atoms with E-state index in [9.17, 15) is 0 Å². The van der Waals surface area contributed by atoms with Crippen molar-refractivity contribution in [2.75, 3.05) is 13.7 Å². The zero-order chi connectivity index (χ0) is 13.5. The molecule has 1 saturated carbocycles.